The fraction of sp³-hybridized carbons (Fsp3) is 0.643. The third-order valence-corrected chi connectivity index (χ3v) is 3.95. The van der Waals surface area contributed by atoms with Gasteiger partial charge in [-0.25, -0.2) is 0 Å². The van der Waals surface area contributed by atoms with Crippen LogP contribution in [0, 0.1) is 0 Å². The topological polar surface area (TPSA) is 29.9 Å². The molecule has 2 rings (SSSR count). The van der Waals surface area contributed by atoms with E-state index >= 15 is 0 Å². The summed E-state index contributed by atoms with van der Waals surface area (Å²) >= 11 is 6.27. The first-order valence-electron chi connectivity index (χ1n) is 6.82. The van der Waals surface area contributed by atoms with E-state index in [1.54, 1.807) is 11.8 Å². The zero-order valence-electron chi connectivity index (χ0n) is 11.2. The second kappa shape index (κ2) is 6.39. The lowest BCUT2D eigenvalue weighted by atomic mass is 9.93. The van der Waals surface area contributed by atoms with Crippen LogP contribution in [0.3, 0.4) is 0 Å². The Kier molecular flexibility index (Phi) is 4.84. The van der Waals surface area contributed by atoms with Crippen LogP contribution in [-0.2, 0) is 6.54 Å². The van der Waals surface area contributed by atoms with Crippen molar-refractivity contribution in [2.45, 2.75) is 51.6 Å². The van der Waals surface area contributed by atoms with E-state index in [1.807, 2.05) is 11.7 Å². The molecule has 0 spiro atoms. The van der Waals surface area contributed by atoms with Crippen LogP contribution >= 0.6 is 11.6 Å². The van der Waals surface area contributed by atoms with E-state index in [-0.39, 0.29) is 6.04 Å². The highest BCUT2D eigenvalue weighted by atomic mass is 35.5. The summed E-state index contributed by atoms with van der Waals surface area (Å²) in [5.41, 5.74) is 2.67. The molecule has 0 radical (unpaired) electrons. The lowest BCUT2D eigenvalue weighted by molar-refractivity contribution is 0.500. The maximum atomic E-state index is 6.27. The van der Waals surface area contributed by atoms with Gasteiger partial charge in [0, 0.05) is 6.54 Å². The molecule has 1 aromatic heterocycles. The normalized spacial score (nSPS) is 17.6. The molecule has 4 heteroatoms. The Balaban J connectivity index is 2.16. The van der Waals surface area contributed by atoms with E-state index in [1.165, 1.54) is 25.7 Å². The molecule has 18 heavy (non-hydrogen) atoms. The average molecular weight is 268 g/mol. The number of aromatic nitrogens is 2. The van der Waals surface area contributed by atoms with Crippen LogP contribution in [0.5, 0.6) is 0 Å². The summed E-state index contributed by atoms with van der Waals surface area (Å²) in [7, 11) is 2.00. The molecule has 0 saturated carbocycles. The highest BCUT2D eigenvalue weighted by molar-refractivity contribution is 6.31. The minimum absolute atomic E-state index is 0.268. The van der Waals surface area contributed by atoms with Crippen LogP contribution in [0.2, 0.25) is 5.02 Å². The Bertz CT molecular complexity index is 423. The number of aryl methyl sites for hydroxylation is 1. The molecule has 0 amide bonds. The second-order valence-electron chi connectivity index (χ2n) is 4.85. The first-order valence-corrected chi connectivity index (χ1v) is 7.20. The van der Waals surface area contributed by atoms with Crippen LogP contribution in [0.25, 0.3) is 0 Å². The summed E-state index contributed by atoms with van der Waals surface area (Å²) in [6.45, 7) is 2.96. The average Bonchev–Trinajstić information content (AvgIpc) is 2.78. The van der Waals surface area contributed by atoms with Gasteiger partial charge in [-0.1, -0.05) is 23.3 Å². The Morgan fingerprint density at radius 1 is 1.50 bits per heavy atom. The lowest BCUT2D eigenvalue weighted by Crippen LogP contribution is -2.21. The molecule has 1 atom stereocenters. The molecule has 1 aromatic rings. The quantitative estimate of drug-likeness (QED) is 0.825. The minimum atomic E-state index is 0.268. The molecule has 1 aliphatic rings. The molecule has 1 N–H and O–H groups in total. The van der Waals surface area contributed by atoms with E-state index in [0.717, 1.165) is 23.7 Å². The van der Waals surface area contributed by atoms with Crippen LogP contribution in [0.15, 0.2) is 17.8 Å². The lowest BCUT2D eigenvalue weighted by Gasteiger charge is -2.21. The van der Waals surface area contributed by atoms with Crippen LogP contribution in [0.1, 0.15) is 50.8 Å². The van der Waals surface area contributed by atoms with Gasteiger partial charge in [0.2, 0.25) is 0 Å². The van der Waals surface area contributed by atoms with E-state index in [0.29, 0.717) is 0 Å². The molecule has 100 valence electrons. The molecule has 0 aliphatic heterocycles. The van der Waals surface area contributed by atoms with Gasteiger partial charge in [0.15, 0.2) is 0 Å². The summed E-state index contributed by atoms with van der Waals surface area (Å²) < 4.78 is 1.99. The molecule has 1 aliphatic carbocycles. The first kappa shape index (κ1) is 13.6. The number of nitrogens with one attached hydrogen (secondary N) is 1. The fourth-order valence-corrected chi connectivity index (χ4v) is 2.93. The Morgan fingerprint density at radius 2 is 2.33 bits per heavy atom. The van der Waals surface area contributed by atoms with Gasteiger partial charge in [-0.3, -0.25) is 4.68 Å². The van der Waals surface area contributed by atoms with E-state index in [9.17, 15) is 0 Å². The molecular weight excluding hydrogens is 246 g/mol. The Morgan fingerprint density at radius 3 is 2.94 bits per heavy atom. The smallest absolute Gasteiger partial charge is 0.0834 e. The van der Waals surface area contributed by atoms with E-state index in [2.05, 4.69) is 23.4 Å². The summed E-state index contributed by atoms with van der Waals surface area (Å²) in [6.07, 6.45) is 10.3. The molecular formula is C14H22ClN3. The van der Waals surface area contributed by atoms with Crippen LogP contribution in [-0.4, -0.2) is 16.8 Å². The number of hydrogen-bond donors (Lipinski definition) is 1. The highest BCUT2D eigenvalue weighted by Crippen LogP contribution is 2.30. The summed E-state index contributed by atoms with van der Waals surface area (Å²) in [6, 6.07) is 0.268. The van der Waals surface area contributed by atoms with Gasteiger partial charge in [0.1, 0.15) is 0 Å². The van der Waals surface area contributed by atoms with Crippen molar-refractivity contribution in [2.24, 2.45) is 0 Å². The molecule has 0 saturated heterocycles. The minimum Gasteiger partial charge on any atom is -0.311 e. The van der Waals surface area contributed by atoms with Gasteiger partial charge < -0.3 is 5.32 Å². The van der Waals surface area contributed by atoms with Crippen LogP contribution in [0.4, 0.5) is 0 Å². The van der Waals surface area contributed by atoms with Gasteiger partial charge in [-0.15, -0.1) is 0 Å². The number of allylic oxidation sites excluding steroid dienone is 1. The zero-order chi connectivity index (χ0) is 13.0. The second-order valence-corrected chi connectivity index (χ2v) is 5.25. The third-order valence-electron chi connectivity index (χ3n) is 3.66. The Labute approximate surface area is 114 Å². The van der Waals surface area contributed by atoms with Crippen LogP contribution < -0.4 is 5.32 Å². The third kappa shape index (κ3) is 2.96. The predicted molar refractivity (Wildman–Crippen MR) is 75.9 cm³/mol. The van der Waals surface area contributed by atoms with Crippen molar-refractivity contribution in [3.05, 3.63) is 28.6 Å². The van der Waals surface area contributed by atoms with Gasteiger partial charge in [-0.05, 0) is 46.1 Å². The monoisotopic (exact) mass is 267 g/mol. The SMILES string of the molecule is CCn1ncc(Cl)c1C(CC1=CCCCC1)NC. The van der Waals surface area contributed by atoms with Crippen molar-refractivity contribution < 1.29 is 0 Å². The van der Waals surface area contributed by atoms with E-state index in [4.69, 9.17) is 11.6 Å². The maximum Gasteiger partial charge on any atom is 0.0834 e. The molecule has 0 bridgehead atoms. The fourth-order valence-electron chi connectivity index (χ4n) is 2.66. The van der Waals surface area contributed by atoms with Crippen molar-refractivity contribution in [2.75, 3.05) is 7.05 Å². The summed E-state index contributed by atoms with van der Waals surface area (Å²) in [4.78, 5) is 0. The molecule has 0 fully saturated rings. The zero-order valence-corrected chi connectivity index (χ0v) is 12.0. The summed E-state index contributed by atoms with van der Waals surface area (Å²) in [5.74, 6) is 0. The van der Waals surface area contributed by atoms with Crippen molar-refractivity contribution in [1.82, 2.24) is 15.1 Å². The van der Waals surface area contributed by atoms with Crippen molar-refractivity contribution in [3.63, 3.8) is 0 Å². The number of halogens is 1. The maximum absolute atomic E-state index is 6.27. The molecule has 1 unspecified atom stereocenters. The highest BCUT2D eigenvalue weighted by Gasteiger charge is 2.20. The van der Waals surface area contributed by atoms with Gasteiger partial charge in [-0.2, -0.15) is 5.10 Å². The standard InChI is InChI=1S/C14H22ClN3/c1-3-18-14(12(15)10-17-18)13(16-2)9-11-7-5-4-6-8-11/h7,10,13,16H,3-6,8-9H2,1-2H3. The number of nitrogens with zero attached hydrogens (tertiary/aromatic N) is 2. The predicted octanol–water partition coefficient (Wildman–Crippen LogP) is 3.71. The van der Waals surface area contributed by atoms with Gasteiger partial charge in [0.05, 0.1) is 23.0 Å². The van der Waals surface area contributed by atoms with Gasteiger partial charge >= 0.3 is 0 Å². The summed E-state index contributed by atoms with van der Waals surface area (Å²) in [5, 5.41) is 8.47. The largest absolute Gasteiger partial charge is 0.311 e. The van der Waals surface area contributed by atoms with E-state index < -0.39 is 0 Å². The van der Waals surface area contributed by atoms with Crippen molar-refractivity contribution in [1.29, 1.82) is 0 Å². The van der Waals surface area contributed by atoms with Crippen molar-refractivity contribution >= 4 is 11.6 Å². The van der Waals surface area contributed by atoms with Crippen molar-refractivity contribution in [3.8, 4) is 0 Å². The van der Waals surface area contributed by atoms with Gasteiger partial charge in [0.25, 0.3) is 0 Å². The number of rotatable bonds is 5. The first-order chi connectivity index (χ1) is 8.76. The molecule has 0 aromatic carbocycles. The number of hydrogen-bond acceptors (Lipinski definition) is 2. The molecule has 1 heterocycles. The Hall–Kier alpha value is -0.800. The molecule has 3 nitrogen and oxygen atoms in total.